The van der Waals surface area contributed by atoms with Crippen molar-refractivity contribution in [2.45, 2.75) is 27.3 Å². The summed E-state index contributed by atoms with van der Waals surface area (Å²) in [6.45, 7) is 6.59. The minimum atomic E-state index is -0.0931. The Labute approximate surface area is 154 Å². The van der Waals surface area contributed by atoms with E-state index in [1.807, 2.05) is 70.1 Å². The summed E-state index contributed by atoms with van der Waals surface area (Å²) < 4.78 is 7.53. The van der Waals surface area contributed by atoms with Crippen LogP contribution in [0.4, 0.5) is 11.4 Å². The quantitative estimate of drug-likeness (QED) is 0.742. The maximum absolute atomic E-state index is 12.8. The van der Waals surface area contributed by atoms with E-state index in [0.29, 0.717) is 12.1 Å². The normalized spacial score (nSPS) is 10.8. The number of hydrogen-bond acceptors (Lipinski definition) is 3. The second-order valence-electron chi connectivity index (χ2n) is 6.80. The molecule has 2 aromatic heterocycles. The summed E-state index contributed by atoms with van der Waals surface area (Å²) in [6.07, 6.45) is 1.66. The molecule has 0 saturated carbocycles. The van der Waals surface area contributed by atoms with E-state index in [-0.39, 0.29) is 5.91 Å². The SMILES string of the molecule is Cc1cc(N(C)C)ccc1NC(=O)c1cc(C)n(Cc2ccco2)c1C. The summed E-state index contributed by atoms with van der Waals surface area (Å²) in [5.74, 6) is 0.776. The minimum Gasteiger partial charge on any atom is -0.467 e. The molecule has 5 heteroatoms. The average Bonchev–Trinajstić information content (AvgIpc) is 3.20. The second-order valence-corrected chi connectivity index (χ2v) is 6.80. The molecule has 0 atom stereocenters. The van der Waals surface area contributed by atoms with Gasteiger partial charge in [0, 0.05) is 36.9 Å². The Bertz CT molecular complexity index is 921. The number of rotatable bonds is 5. The Morgan fingerprint density at radius 1 is 1.15 bits per heavy atom. The van der Waals surface area contributed by atoms with Crippen LogP contribution in [0.2, 0.25) is 0 Å². The lowest BCUT2D eigenvalue weighted by molar-refractivity contribution is 0.102. The van der Waals surface area contributed by atoms with Crippen LogP contribution in [0.5, 0.6) is 0 Å². The first-order valence-electron chi connectivity index (χ1n) is 8.65. The molecule has 26 heavy (non-hydrogen) atoms. The van der Waals surface area contributed by atoms with Crippen LogP contribution in [0.1, 0.15) is 33.1 Å². The van der Waals surface area contributed by atoms with E-state index in [0.717, 1.165) is 34.1 Å². The third kappa shape index (κ3) is 3.52. The second kappa shape index (κ2) is 7.12. The van der Waals surface area contributed by atoms with Crippen molar-refractivity contribution >= 4 is 17.3 Å². The third-order valence-electron chi connectivity index (χ3n) is 4.69. The Hall–Kier alpha value is -2.95. The molecule has 1 amide bonds. The predicted octanol–water partition coefficient (Wildman–Crippen LogP) is 4.37. The van der Waals surface area contributed by atoms with Gasteiger partial charge in [-0.05, 0) is 62.7 Å². The molecule has 5 nitrogen and oxygen atoms in total. The lowest BCUT2D eigenvalue weighted by Crippen LogP contribution is -2.15. The minimum absolute atomic E-state index is 0.0931. The Kier molecular flexibility index (Phi) is 4.89. The molecule has 0 fully saturated rings. The molecular weight excluding hydrogens is 326 g/mol. The van der Waals surface area contributed by atoms with Crippen LogP contribution in [-0.4, -0.2) is 24.6 Å². The van der Waals surface area contributed by atoms with Gasteiger partial charge in [-0.15, -0.1) is 0 Å². The summed E-state index contributed by atoms with van der Waals surface area (Å²) in [7, 11) is 4.00. The monoisotopic (exact) mass is 351 g/mol. The highest BCUT2D eigenvalue weighted by atomic mass is 16.3. The van der Waals surface area contributed by atoms with Crippen molar-refractivity contribution < 1.29 is 9.21 Å². The number of anilines is 2. The van der Waals surface area contributed by atoms with Crippen molar-refractivity contribution in [1.29, 1.82) is 0 Å². The van der Waals surface area contributed by atoms with Gasteiger partial charge in [-0.2, -0.15) is 0 Å². The number of hydrogen-bond donors (Lipinski definition) is 1. The fraction of sp³-hybridized carbons (Fsp3) is 0.286. The summed E-state index contributed by atoms with van der Waals surface area (Å²) in [5, 5.41) is 3.04. The van der Waals surface area contributed by atoms with Crippen molar-refractivity contribution in [2.24, 2.45) is 0 Å². The highest BCUT2D eigenvalue weighted by Gasteiger charge is 2.17. The van der Waals surface area contributed by atoms with E-state index < -0.39 is 0 Å². The van der Waals surface area contributed by atoms with Gasteiger partial charge >= 0.3 is 0 Å². The summed E-state index contributed by atoms with van der Waals surface area (Å²) in [4.78, 5) is 14.9. The van der Waals surface area contributed by atoms with Crippen molar-refractivity contribution in [3.63, 3.8) is 0 Å². The number of furan rings is 1. The molecule has 0 saturated heterocycles. The molecule has 2 heterocycles. The molecule has 0 unspecified atom stereocenters. The number of nitrogens with zero attached hydrogens (tertiary/aromatic N) is 2. The van der Waals surface area contributed by atoms with E-state index in [4.69, 9.17) is 4.42 Å². The van der Waals surface area contributed by atoms with Gasteiger partial charge in [-0.25, -0.2) is 0 Å². The van der Waals surface area contributed by atoms with E-state index in [1.54, 1.807) is 6.26 Å². The van der Waals surface area contributed by atoms with E-state index in [2.05, 4.69) is 16.0 Å². The van der Waals surface area contributed by atoms with Gasteiger partial charge < -0.3 is 19.2 Å². The van der Waals surface area contributed by atoms with Crippen LogP contribution >= 0.6 is 0 Å². The largest absolute Gasteiger partial charge is 0.467 e. The first-order valence-corrected chi connectivity index (χ1v) is 8.65. The highest BCUT2D eigenvalue weighted by molar-refractivity contribution is 6.05. The van der Waals surface area contributed by atoms with Crippen LogP contribution < -0.4 is 10.2 Å². The molecule has 3 aromatic rings. The van der Waals surface area contributed by atoms with Crippen molar-refractivity contribution in [2.75, 3.05) is 24.3 Å². The fourth-order valence-corrected chi connectivity index (χ4v) is 3.09. The predicted molar refractivity (Wildman–Crippen MR) is 105 cm³/mol. The van der Waals surface area contributed by atoms with Gasteiger partial charge in [0.15, 0.2) is 0 Å². The molecule has 0 spiro atoms. The fourth-order valence-electron chi connectivity index (χ4n) is 3.09. The zero-order valence-electron chi connectivity index (χ0n) is 16.0. The van der Waals surface area contributed by atoms with Crippen molar-refractivity contribution in [3.05, 3.63) is 70.9 Å². The van der Waals surface area contributed by atoms with Crippen LogP contribution in [0.25, 0.3) is 0 Å². The molecular formula is C21H25N3O2. The van der Waals surface area contributed by atoms with Gasteiger partial charge in [-0.3, -0.25) is 4.79 Å². The first-order chi connectivity index (χ1) is 12.4. The van der Waals surface area contributed by atoms with Crippen LogP contribution in [-0.2, 0) is 6.54 Å². The smallest absolute Gasteiger partial charge is 0.257 e. The zero-order chi connectivity index (χ0) is 18.8. The molecule has 0 aliphatic carbocycles. The molecule has 0 bridgehead atoms. The Balaban J connectivity index is 1.82. The van der Waals surface area contributed by atoms with Crippen LogP contribution in [0.15, 0.2) is 47.1 Å². The van der Waals surface area contributed by atoms with Crippen molar-refractivity contribution in [1.82, 2.24) is 4.57 Å². The Morgan fingerprint density at radius 3 is 2.54 bits per heavy atom. The van der Waals surface area contributed by atoms with Crippen molar-refractivity contribution in [3.8, 4) is 0 Å². The molecule has 1 aromatic carbocycles. The molecule has 3 rings (SSSR count). The average molecular weight is 351 g/mol. The molecule has 0 aliphatic rings. The third-order valence-corrected chi connectivity index (χ3v) is 4.69. The topological polar surface area (TPSA) is 50.4 Å². The standard InChI is InChI=1S/C21H25N3O2/c1-14-11-17(23(4)5)8-9-20(14)22-21(25)19-12-15(2)24(16(19)3)13-18-7-6-10-26-18/h6-12H,13H2,1-5H3,(H,22,25). The molecule has 0 radical (unpaired) electrons. The number of carbonyl (C=O) groups is 1. The number of benzene rings is 1. The van der Waals surface area contributed by atoms with Gasteiger partial charge in [0.2, 0.25) is 0 Å². The Morgan fingerprint density at radius 2 is 1.92 bits per heavy atom. The van der Waals surface area contributed by atoms with Gasteiger partial charge in [0.1, 0.15) is 5.76 Å². The number of carbonyl (C=O) groups excluding carboxylic acids is 1. The maximum atomic E-state index is 12.8. The summed E-state index contributed by atoms with van der Waals surface area (Å²) in [6, 6.07) is 11.8. The maximum Gasteiger partial charge on any atom is 0.257 e. The zero-order valence-corrected chi connectivity index (χ0v) is 16.0. The van der Waals surface area contributed by atoms with Gasteiger partial charge in [-0.1, -0.05) is 0 Å². The number of amides is 1. The van der Waals surface area contributed by atoms with Crippen LogP contribution in [0, 0.1) is 20.8 Å². The van der Waals surface area contributed by atoms with E-state index in [9.17, 15) is 4.79 Å². The molecule has 1 N–H and O–H groups in total. The number of nitrogens with one attached hydrogen (secondary N) is 1. The van der Waals surface area contributed by atoms with Crippen LogP contribution in [0.3, 0.4) is 0 Å². The summed E-state index contributed by atoms with van der Waals surface area (Å²) in [5.41, 5.74) is 5.62. The van der Waals surface area contributed by atoms with E-state index >= 15 is 0 Å². The van der Waals surface area contributed by atoms with E-state index in [1.165, 1.54) is 0 Å². The highest BCUT2D eigenvalue weighted by Crippen LogP contribution is 2.23. The molecule has 0 aliphatic heterocycles. The molecule has 136 valence electrons. The van der Waals surface area contributed by atoms with Gasteiger partial charge in [0.05, 0.1) is 18.4 Å². The first kappa shape index (κ1) is 17.9. The summed E-state index contributed by atoms with van der Waals surface area (Å²) >= 11 is 0. The lowest BCUT2D eigenvalue weighted by Gasteiger charge is -2.15. The number of aromatic nitrogens is 1. The van der Waals surface area contributed by atoms with Gasteiger partial charge in [0.25, 0.3) is 5.91 Å². The lowest BCUT2D eigenvalue weighted by atomic mass is 10.1. The number of aryl methyl sites for hydroxylation is 2.